The monoisotopic (exact) mass is 522 g/mol. The number of rotatable bonds is 20. The summed E-state index contributed by atoms with van der Waals surface area (Å²) in [6, 6.07) is 0.453. The molecule has 0 aliphatic heterocycles. The minimum absolute atomic E-state index is 0.0440. The van der Waals surface area contributed by atoms with Crippen LogP contribution in [0.3, 0.4) is 0 Å². The van der Waals surface area contributed by atoms with Gasteiger partial charge in [-0.15, -0.1) is 0 Å². The zero-order chi connectivity index (χ0) is 26.9. The van der Waals surface area contributed by atoms with Crippen molar-refractivity contribution in [2.75, 3.05) is 16.8 Å². The number of carboxylic acid groups (broad SMARTS) is 1. The Bertz CT molecular complexity index is 816. The van der Waals surface area contributed by atoms with Crippen LogP contribution in [-0.4, -0.2) is 49.7 Å². The summed E-state index contributed by atoms with van der Waals surface area (Å²) in [5, 5.41) is 19.4. The van der Waals surface area contributed by atoms with Crippen LogP contribution in [0.25, 0.3) is 0 Å². The van der Waals surface area contributed by atoms with Gasteiger partial charge in [0, 0.05) is 22.5 Å². The van der Waals surface area contributed by atoms with Gasteiger partial charge in [0.25, 0.3) is 0 Å². The van der Waals surface area contributed by atoms with E-state index >= 15 is 0 Å². The van der Waals surface area contributed by atoms with Crippen molar-refractivity contribution in [3.8, 4) is 0 Å². The highest BCUT2D eigenvalue weighted by Crippen LogP contribution is 2.22. The Morgan fingerprint density at radius 2 is 1.67 bits per heavy atom. The van der Waals surface area contributed by atoms with E-state index < -0.39 is 18.0 Å². The second-order valence-corrected chi connectivity index (χ2v) is 11.7. The number of hydrogen-bond donors (Lipinski definition) is 2. The first-order valence-corrected chi connectivity index (χ1v) is 14.6. The fraction of sp³-hybridized carbons (Fsp3) is 0.714. The molecular formula is C28H48N3O4S+. The highest BCUT2D eigenvalue weighted by molar-refractivity contribution is 7.99. The topological polar surface area (TPSA) is 115 Å². The Kier molecular flexibility index (Phi) is 16.1. The quantitative estimate of drug-likeness (QED) is 0.117. The lowest BCUT2D eigenvalue weighted by atomic mass is 9.91. The molecule has 8 heteroatoms. The zero-order valence-corrected chi connectivity index (χ0v) is 23.7. The van der Waals surface area contributed by atoms with Crippen LogP contribution in [0.4, 0.5) is 5.95 Å². The summed E-state index contributed by atoms with van der Waals surface area (Å²) in [6.07, 6.45) is 15.1. The lowest BCUT2D eigenvalue weighted by molar-refractivity contribution is -0.137. The summed E-state index contributed by atoms with van der Waals surface area (Å²) in [7, 11) is 0. The van der Waals surface area contributed by atoms with Gasteiger partial charge < -0.3 is 15.5 Å². The lowest BCUT2D eigenvalue weighted by Gasteiger charge is -2.15. The Labute approximate surface area is 222 Å². The molecule has 0 fully saturated rings. The van der Waals surface area contributed by atoms with E-state index in [4.69, 9.17) is 5.11 Å². The predicted molar refractivity (Wildman–Crippen MR) is 151 cm³/mol. The van der Waals surface area contributed by atoms with Crippen LogP contribution in [0.15, 0.2) is 23.9 Å². The maximum atomic E-state index is 11.6. The zero-order valence-electron chi connectivity index (χ0n) is 22.9. The van der Waals surface area contributed by atoms with Gasteiger partial charge in [0.05, 0.1) is 0 Å². The number of nitrogens with zero attached hydrogens (tertiary/aromatic N) is 2. The number of nitrogens with one attached hydrogen (secondary N) is 1. The van der Waals surface area contributed by atoms with Gasteiger partial charge in [-0.1, -0.05) is 84.3 Å². The molecule has 36 heavy (non-hydrogen) atoms. The fourth-order valence-corrected chi connectivity index (χ4v) is 5.08. The lowest BCUT2D eigenvalue weighted by Crippen LogP contribution is -2.32. The summed E-state index contributed by atoms with van der Waals surface area (Å²) < 4.78 is 0. The van der Waals surface area contributed by atoms with E-state index in [0.29, 0.717) is 5.75 Å². The summed E-state index contributed by atoms with van der Waals surface area (Å²) in [5.41, 5.74) is 1.28. The van der Waals surface area contributed by atoms with Crippen LogP contribution in [0, 0.1) is 17.8 Å². The van der Waals surface area contributed by atoms with E-state index in [9.17, 15) is 14.7 Å². The van der Waals surface area contributed by atoms with Gasteiger partial charge >= 0.3 is 11.9 Å². The molecule has 0 aromatic carbocycles. The van der Waals surface area contributed by atoms with Crippen molar-refractivity contribution in [2.24, 2.45) is 17.8 Å². The Hall–Kier alpha value is -2.09. The van der Waals surface area contributed by atoms with Crippen molar-refractivity contribution in [3.63, 3.8) is 0 Å². The molecule has 3 unspecified atom stereocenters. The third kappa shape index (κ3) is 15.1. The molecule has 3 atom stereocenters. The normalized spacial score (nSPS) is 14.4. The molecule has 0 aliphatic carbocycles. The van der Waals surface area contributed by atoms with Crippen LogP contribution < -0.4 is 5.32 Å². The average molecular weight is 523 g/mol. The minimum atomic E-state index is -1.01. The second kappa shape index (κ2) is 18.2. The van der Waals surface area contributed by atoms with E-state index in [0.717, 1.165) is 29.9 Å². The molecule has 0 amide bonds. The van der Waals surface area contributed by atoms with Gasteiger partial charge in [0.2, 0.25) is 11.6 Å². The molecule has 4 N–H and O–H groups in total. The van der Waals surface area contributed by atoms with Crippen LogP contribution in [0.2, 0.25) is 0 Å². The second-order valence-electron chi connectivity index (χ2n) is 10.6. The number of carbonyl (C=O) groups excluding carboxylic acids is 1. The number of aliphatic carboxylic acids is 1. The number of thioether (sulfide) groups is 1. The summed E-state index contributed by atoms with van der Waals surface area (Å²) in [6.45, 7) is 11.5. The molecule has 0 radical (unpaired) electrons. The SMILES string of the molecule is C/C(=C\CSCC(Nc1nccc(C(=O)[OH2+])n1)C(=O)O)CCCC(C)CCCC(C)CCCC(C)C. The van der Waals surface area contributed by atoms with E-state index in [-0.39, 0.29) is 11.6 Å². The Morgan fingerprint density at radius 3 is 2.25 bits per heavy atom. The number of carbonyl (C=O) groups is 2. The molecule has 0 aliphatic rings. The number of allylic oxidation sites excluding steroid dienone is 1. The number of carboxylic acids is 1. The molecule has 0 bridgehead atoms. The Balaban J connectivity index is 2.24. The third-order valence-corrected chi connectivity index (χ3v) is 7.44. The van der Waals surface area contributed by atoms with Crippen LogP contribution >= 0.6 is 11.8 Å². The maximum absolute atomic E-state index is 11.6. The van der Waals surface area contributed by atoms with Crippen LogP contribution in [-0.2, 0) is 4.79 Å². The van der Waals surface area contributed by atoms with Gasteiger partial charge in [-0.2, -0.15) is 16.7 Å². The van der Waals surface area contributed by atoms with Crippen LogP contribution in [0.1, 0.15) is 103 Å². The number of aromatic nitrogens is 2. The number of hydrogen-bond acceptors (Lipinski definition) is 6. The number of anilines is 1. The first-order chi connectivity index (χ1) is 17.1. The van der Waals surface area contributed by atoms with Crippen molar-refractivity contribution >= 4 is 29.6 Å². The van der Waals surface area contributed by atoms with Gasteiger partial charge in [-0.25, -0.2) is 9.78 Å². The average Bonchev–Trinajstić information content (AvgIpc) is 2.80. The molecule has 0 spiro atoms. The first-order valence-electron chi connectivity index (χ1n) is 13.4. The largest absolute Gasteiger partial charge is 0.567 e. The molecular weight excluding hydrogens is 474 g/mol. The van der Waals surface area contributed by atoms with E-state index in [1.807, 2.05) is 0 Å². The summed E-state index contributed by atoms with van der Waals surface area (Å²) >= 11 is 1.53. The van der Waals surface area contributed by atoms with Crippen molar-refractivity contribution in [1.82, 2.24) is 9.97 Å². The third-order valence-electron chi connectivity index (χ3n) is 6.46. The molecule has 1 rings (SSSR count). The first kappa shape index (κ1) is 31.9. The van der Waals surface area contributed by atoms with Crippen molar-refractivity contribution in [1.29, 1.82) is 0 Å². The summed E-state index contributed by atoms with van der Waals surface area (Å²) in [5.74, 6) is 1.62. The van der Waals surface area contributed by atoms with E-state index in [1.54, 1.807) is 0 Å². The van der Waals surface area contributed by atoms with Gasteiger partial charge in [0.1, 0.15) is 6.04 Å². The molecule has 0 saturated carbocycles. The fourth-order valence-electron chi connectivity index (χ4n) is 4.08. The molecule has 1 aromatic rings. The van der Waals surface area contributed by atoms with Crippen molar-refractivity contribution < 1.29 is 19.8 Å². The van der Waals surface area contributed by atoms with Crippen molar-refractivity contribution in [3.05, 3.63) is 29.6 Å². The molecule has 1 aromatic heterocycles. The highest BCUT2D eigenvalue weighted by atomic mass is 32.2. The minimum Gasteiger partial charge on any atom is -0.560 e. The smallest absolute Gasteiger partial charge is 0.560 e. The van der Waals surface area contributed by atoms with Gasteiger partial charge in [-0.3, -0.25) is 0 Å². The van der Waals surface area contributed by atoms with E-state index in [2.05, 4.69) is 56.0 Å². The van der Waals surface area contributed by atoms with Crippen LogP contribution in [0.5, 0.6) is 0 Å². The maximum Gasteiger partial charge on any atom is 0.567 e. The standard InChI is InChI=1S/C28H47N3O4S/c1-20(2)9-6-10-21(3)11-7-12-22(4)13-8-14-23(5)16-18-36-19-25(27(34)35)31-28-29-17-15-24(30-28)26(32)33/h15-17,20-22,25H,6-14,18-19H2,1-5H3,(H,32,33)(H,34,35)(H,29,30,31)/p+1/b23-16+. The molecule has 204 valence electrons. The molecule has 7 nitrogen and oxygen atoms in total. The van der Waals surface area contributed by atoms with Gasteiger partial charge in [0.15, 0.2) is 0 Å². The van der Waals surface area contributed by atoms with Gasteiger partial charge in [-0.05, 0) is 43.6 Å². The van der Waals surface area contributed by atoms with E-state index in [1.165, 1.54) is 81.0 Å². The predicted octanol–water partition coefficient (Wildman–Crippen LogP) is 6.33. The highest BCUT2D eigenvalue weighted by Gasteiger charge is 2.20. The molecule has 1 heterocycles. The summed E-state index contributed by atoms with van der Waals surface area (Å²) in [4.78, 5) is 30.6. The van der Waals surface area contributed by atoms with Crippen molar-refractivity contribution in [2.45, 2.75) is 98.4 Å². The Morgan fingerprint density at radius 1 is 1.06 bits per heavy atom. The molecule has 0 saturated heterocycles.